The van der Waals surface area contributed by atoms with Gasteiger partial charge < -0.3 is 20.7 Å². The summed E-state index contributed by atoms with van der Waals surface area (Å²) in [5.41, 5.74) is 9.96. The number of rotatable bonds is 4. The summed E-state index contributed by atoms with van der Waals surface area (Å²) < 4.78 is 7.26. The number of morpholine rings is 1. The van der Waals surface area contributed by atoms with Crippen molar-refractivity contribution >= 4 is 34.0 Å². The minimum atomic E-state index is -0.284. The number of nitrogens with zero attached hydrogens (tertiary/aromatic N) is 5. The molecule has 0 aliphatic carbocycles. The van der Waals surface area contributed by atoms with E-state index in [9.17, 15) is 4.79 Å². The van der Waals surface area contributed by atoms with Gasteiger partial charge in [-0.3, -0.25) is 9.48 Å². The van der Waals surface area contributed by atoms with Gasteiger partial charge in [0.1, 0.15) is 11.5 Å². The highest BCUT2D eigenvalue weighted by Gasteiger charge is 2.19. The Morgan fingerprint density at radius 3 is 2.78 bits per heavy atom. The van der Waals surface area contributed by atoms with Crippen LogP contribution in [0.5, 0.6) is 0 Å². The summed E-state index contributed by atoms with van der Waals surface area (Å²) in [5, 5.41) is 8.53. The van der Waals surface area contributed by atoms with Crippen molar-refractivity contribution in [1.82, 2.24) is 19.7 Å². The van der Waals surface area contributed by atoms with Gasteiger partial charge in [0.25, 0.3) is 5.91 Å². The highest BCUT2D eigenvalue weighted by molar-refractivity contribution is 6.06. The van der Waals surface area contributed by atoms with Gasteiger partial charge in [-0.1, -0.05) is 6.07 Å². The molecule has 1 aromatic carbocycles. The van der Waals surface area contributed by atoms with Crippen molar-refractivity contribution in [2.24, 2.45) is 7.05 Å². The van der Waals surface area contributed by atoms with Crippen LogP contribution in [-0.4, -0.2) is 52.0 Å². The SMILES string of the molecule is Cn1cc2cc(NC(=O)c3cccc(-c4ccc(N)nc4)n3)c(N3CCOCC3)cc2n1. The van der Waals surface area contributed by atoms with Crippen molar-refractivity contribution in [3.05, 3.63) is 60.6 Å². The molecule has 1 fully saturated rings. The molecule has 1 aliphatic heterocycles. The van der Waals surface area contributed by atoms with Crippen LogP contribution in [0.15, 0.2) is 54.9 Å². The molecule has 5 rings (SSSR count). The van der Waals surface area contributed by atoms with Crippen LogP contribution in [-0.2, 0) is 11.8 Å². The third-order valence-electron chi connectivity index (χ3n) is 5.40. The average Bonchev–Trinajstić information content (AvgIpc) is 3.18. The Morgan fingerprint density at radius 1 is 1.16 bits per heavy atom. The molecule has 0 bridgehead atoms. The third-order valence-corrected chi connectivity index (χ3v) is 5.40. The number of hydrogen-bond donors (Lipinski definition) is 2. The van der Waals surface area contributed by atoms with E-state index in [0.717, 1.165) is 40.9 Å². The molecule has 0 spiro atoms. The Morgan fingerprint density at radius 2 is 2.00 bits per heavy atom. The Bertz CT molecular complexity index is 1280. The second-order valence-electron chi connectivity index (χ2n) is 7.66. The van der Waals surface area contributed by atoms with Crippen LogP contribution < -0.4 is 16.0 Å². The molecule has 0 unspecified atom stereocenters. The molecule has 4 heterocycles. The van der Waals surface area contributed by atoms with Gasteiger partial charge in [0.2, 0.25) is 0 Å². The van der Waals surface area contributed by atoms with Crippen LogP contribution in [0.4, 0.5) is 17.2 Å². The number of ether oxygens (including phenoxy) is 1. The minimum absolute atomic E-state index is 0.284. The predicted octanol–water partition coefficient (Wildman–Crippen LogP) is 2.70. The first-order valence-electron chi connectivity index (χ1n) is 10.4. The number of hydrogen-bond acceptors (Lipinski definition) is 7. The zero-order valence-electron chi connectivity index (χ0n) is 17.7. The van der Waals surface area contributed by atoms with E-state index >= 15 is 0 Å². The van der Waals surface area contributed by atoms with E-state index in [1.54, 1.807) is 29.1 Å². The molecular formula is C23H23N7O2. The van der Waals surface area contributed by atoms with Gasteiger partial charge in [-0.25, -0.2) is 9.97 Å². The number of aromatic nitrogens is 4. The number of fused-ring (bicyclic) bond motifs is 1. The number of aryl methyl sites for hydroxylation is 1. The van der Waals surface area contributed by atoms with Gasteiger partial charge in [-0.2, -0.15) is 5.10 Å². The highest BCUT2D eigenvalue weighted by Crippen LogP contribution is 2.32. The van der Waals surface area contributed by atoms with E-state index in [1.807, 2.05) is 37.5 Å². The zero-order chi connectivity index (χ0) is 22.1. The Balaban J connectivity index is 1.47. The molecule has 32 heavy (non-hydrogen) atoms. The standard InChI is InChI=1S/C23H23N7O2/c1-29-14-16-11-20(21(12-19(16)28-29)30-7-9-32-10-8-30)27-23(31)18-4-2-3-17(26-18)15-5-6-22(24)25-13-15/h2-6,11-14H,7-10H2,1H3,(H2,24,25)(H,27,31). The Kier molecular flexibility index (Phi) is 5.16. The van der Waals surface area contributed by atoms with Crippen molar-refractivity contribution in [2.45, 2.75) is 0 Å². The van der Waals surface area contributed by atoms with Crippen molar-refractivity contribution in [1.29, 1.82) is 0 Å². The normalized spacial score (nSPS) is 14.0. The summed E-state index contributed by atoms with van der Waals surface area (Å²) in [6.07, 6.45) is 3.58. The van der Waals surface area contributed by atoms with Crippen LogP contribution in [0.25, 0.3) is 22.2 Å². The fraction of sp³-hybridized carbons (Fsp3) is 0.217. The number of carbonyl (C=O) groups is 1. The maximum Gasteiger partial charge on any atom is 0.274 e. The van der Waals surface area contributed by atoms with Crippen LogP contribution in [0, 0.1) is 0 Å². The first-order chi connectivity index (χ1) is 15.6. The fourth-order valence-electron chi connectivity index (χ4n) is 3.82. The average molecular weight is 429 g/mol. The van der Waals surface area contributed by atoms with Crippen LogP contribution >= 0.6 is 0 Å². The number of anilines is 3. The fourth-order valence-corrected chi connectivity index (χ4v) is 3.82. The van der Waals surface area contributed by atoms with Crippen LogP contribution in [0.2, 0.25) is 0 Å². The second-order valence-corrected chi connectivity index (χ2v) is 7.66. The molecular weight excluding hydrogens is 406 g/mol. The highest BCUT2D eigenvalue weighted by atomic mass is 16.5. The van der Waals surface area contributed by atoms with E-state index in [-0.39, 0.29) is 5.91 Å². The van der Waals surface area contributed by atoms with E-state index in [4.69, 9.17) is 10.5 Å². The van der Waals surface area contributed by atoms with Crippen molar-refractivity contribution in [3.63, 3.8) is 0 Å². The van der Waals surface area contributed by atoms with Crippen molar-refractivity contribution in [2.75, 3.05) is 42.3 Å². The number of amides is 1. The molecule has 3 aromatic heterocycles. The summed E-state index contributed by atoms with van der Waals surface area (Å²) in [6, 6.07) is 12.9. The number of nitrogens with two attached hydrogens (primary N) is 1. The number of carbonyl (C=O) groups excluding carboxylic acids is 1. The number of nitrogen functional groups attached to an aromatic ring is 1. The van der Waals surface area contributed by atoms with E-state index < -0.39 is 0 Å². The van der Waals surface area contributed by atoms with Gasteiger partial charge in [0.15, 0.2) is 0 Å². The van der Waals surface area contributed by atoms with Crippen molar-refractivity contribution in [3.8, 4) is 11.3 Å². The number of benzene rings is 1. The van der Waals surface area contributed by atoms with Crippen molar-refractivity contribution < 1.29 is 9.53 Å². The van der Waals surface area contributed by atoms with Gasteiger partial charge >= 0.3 is 0 Å². The molecule has 4 aromatic rings. The lowest BCUT2D eigenvalue weighted by Crippen LogP contribution is -2.36. The zero-order valence-corrected chi connectivity index (χ0v) is 17.7. The first-order valence-corrected chi connectivity index (χ1v) is 10.4. The first kappa shape index (κ1) is 20.0. The summed E-state index contributed by atoms with van der Waals surface area (Å²) in [5.74, 6) is 0.150. The van der Waals surface area contributed by atoms with Gasteiger partial charge in [-0.05, 0) is 36.4 Å². The van der Waals surface area contributed by atoms with Gasteiger partial charge in [0, 0.05) is 43.5 Å². The number of nitrogens with one attached hydrogen (secondary N) is 1. The lowest BCUT2D eigenvalue weighted by Gasteiger charge is -2.30. The minimum Gasteiger partial charge on any atom is -0.384 e. The maximum atomic E-state index is 13.2. The third kappa shape index (κ3) is 3.97. The summed E-state index contributed by atoms with van der Waals surface area (Å²) in [7, 11) is 1.88. The lowest BCUT2D eigenvalue weighted by atomic mass is 10.1. The Hall–Kier alpha value is -3.98. The topological polar surface area (TPSA) is 111 Å². The van der Waals surface area contributed by atoms with Gasteiger partial charge in [0.05, 0.1) is 35.8 Å². The van der Waals surface area contributed by atoms with Crippen LogP contribution in [0.1, 0.15) is 10.5 Å². The molecule has 1 saturated heterocycles. The smallest absolute Gasteiger partial charge is 0.274 e. The molecule has 0 radical (unpaired) electrons. The summed E-state index contributed by atoms with van der Waals surface area (Å²) >= 11 is 0. The Labute approximate surface area is 184 Å². The van der Waals surface area contributed by atoms with E-state index in [2.05, 4.69) is 25.3 Å². The van der Waals surface area contributed by atoms with Crippen LogP contribution in [0.3, 0.4) is 0 Å². The molecule has 9 heteroatoms. The quantitative estimate of drug-likeness (QED) is 0.513. The lowest BCUT2D eigenvalue weighted by molar-refractivity contribution is 0.102. The molecule has 9 nitrogen and oxygen atoms in total. The number of pyridine rings is 2. The molecule has 0 atom stereocenters. The summed E-state index contributed by atoms with van der Waals surface area (Å²) in [6.45, 7) is 2.79. The van der Waals surface area contributed by atoms with Gasteiger partial charge in [-0.15, -0.1) is 0 Å². The molecule has 1 aliphatic rings. The maximum absolute atomic E-state index is 13.2. The van der Waals surface area contributed by atoms with E-state index in [1.165, 1.54) is 0 Å². The molecule has 0 saturated carbocycles. The largest absolute Gasteiger partial charge is 0.384 e. The summed E-state index contributed by atoms with van der Waals surface area (Å²) in [4.78, 5) is 24.0. The second kappa shape index (κ2) is 8.27. The van der Waals surface area contributed by atoms with E-state index in [0.29, 0.717) is 30.4 Å². The monoisotopic (exact) mass is 429 g/mol. The molecule has 1 amide bonds. The molecule has 3 N–H and O–H groups in total. The predicted molar refractivity (Wildman–Crippen MR) is 124 cm³/mol. The molecule has 162 valence electrons.